The van der Waals surface area contributed by atoms with Crippen LogP contribution in [-0.4, -0.2) is 59.0 Å². The second kappa shape index (κ2) is 7.36. The van der Waals surface area contributed by atoms with E-state index in [0.29, 0.717) is 12.5 Å². The molecule has 7 heteroatoms. The molecule has 2 aliphatic rings. The first-order valence-electron chi connectivity index (χ1n) is 9.88. The Balaban J connectivity index is 1.54. The summed E-state index contributed by atoms with van der Waals surface area (Å²) in [6.45, 7) is 4.43. The number of likely N-dealkylation sites (N-methyl/N-ethyl adjacent to an activating group) is 1. The Labute approximate surface area is 163 Å². The van der Waals surface area contributed by atoms with Gasteiger partial charge in [0.1, 0.15) is 4.83 Å². The number of likely N-dealkylation sites (tertiary alicyclic amines) is 1. The lowest BCUT2D eigenvalue weighted by Crippen LogP contribution is -2.42. The van der Waals surface area contributed by atoms with E-state index < -0.39 is 0 Å². The van der Waals surface area contributed by atoms with Crippen molar-refractivity contribution >= 4 is 27.5 Å². The molecular weight excluding hydrogens is 360 g/mol. The molecule has 1 aliphatic heterocycles. The molecule has 2 aromatic heterocycles. The highest BCUT2D eigenvalue weighted by Crippen LogP contribution is 2.36. The van der Waals surface area contributed by atoms with Crippen molar-refractivity contribution in [3.63, 3.8) is 0 Å². The zero-order valence-corrected chi connectivity index (χ0v) is 17.2. The van der Waals surface area contributed by atoms with E-state index in [0.717, 1.165) is 55.4 Å². The third-order valence-corrected chi connectivity index (χ3v) is 7.21. The zero-order chi connectivity index (χ0) is 19.1. The summed E-state index contributed by atoms with van der Waals surface area (Å²) < 4.78 is 1.86. The van der Waals surface area contributed by atoms with Crippen molar-refractivity contribution in [3.8, 4) is 0 Å². The largest absolute Gasteiger partial charge is 0.348 e. The van der Waals surface area contributed by atoms with E-state index in [9.17, 15) is 9.59 Å². The van der Waals surface area contributed by atoms with Gasteiger partial charge in [-0.15, -0.1) is 11.3 Å². The van der Waals surface area contributed by atoms with Gasteiger partial charge in [0.25, 0.3) is 5.56 Å². The number of hydrogen-bond donors (Lipinski definition) is 0. The first kappa shape index (κ1) is 18.6. The molecule has 0 spiro atoms. The second-order valence-corrected chi connectivity index (χ2v) is 9.37. The fourth-order valence-corrected chi connectivity index (χ4v) is 5.63. The van der Waals surface area contributed by atoms with Crippen LogP contribution in [0.25, 0.3) is 10.2 Å². The summed E-state index contributed by atoms with van der Waals surface area (Å²) >= 11 is 1.71. The third-order valence-electron chi connectivity index (χ3n) is 6.05. The molecule has 1 saturated heterocycles. The SMILES string of the molecule is C[C@@H]1CCc2c(sc3ncn(C4CCN(CC(=O)N(C)C)CC4)c(=O)c23)C1. The van der Waals surface area contributed by atoms with Crippen molar-refractivity contribution in [1.29, 1.82) is 0 Å². The first-order chi connectivity index (χ1) is 12.9. The van der Waals surface area contributed by atoms with Gasteiger partial charge in [-0.05, 0) is 43.6 Å². The number of aryl methyl sites for hydroxylation is 1. The Morgan fingerprint density at radius 1 is 1.30 bits per heavy atom. The quantitative estimate of drug-likeness (QED) is 0.810. The van der Waals surface area contributed by atoms with Crippen LogP contribution < -0.4 is 5.56 Å². The maximum Gasteiger partial charge on any atom is 0.262 e. The molecule has 2 aromatic rings. The lowest BCUT2D eigenvalue weighted by molar-refractivity contribution is -0.130. The lowest BCUT2D eigenvalue weighted by Gasteiger charge is -2.32. The van der Waals surface area contributed by atoms with E-state index in [-0.39, 0.29) is 17.5 Å². The van der Waals surface area contributed by atoms with Gasteiger partial charge in [-0.25, -0.2) is 4.98 Å². The molecule has 0 bridgehead atoms. The monoisotopic (exact) mass is 388 g/mol. The van der Waals surface area contributed by atoms with Gasteiger partial charge < -0.3 is 4.90 Å². The number of rotatable bonds is 3. The Bertz CT molecular complexity index is 909. The van der Waals surface area contributed by atoms with Crippen LogP contribution in [0.4, 0.5) is 0 Å². The average Bonchev–Trinajstić information content (AvgIpc) is 3.01. The van der Waals surface area contributed by atoms with Gasteiger partial charge in [-0.1, -0.05) is 6.92 Å². The number of hydrogen-bond acceptors (Lipinski definition) is 5. The molecule has 0 radical (unpaired) electrons. The van der Waals surface area contributed by atoms with Gasteiger partial charge in [-0.2, -0.15) is 0 Å². The smallest absolute Gasteiger partial charge is 0.262 e. The maximum absolute atomic E-state index is 13.2. The number of piperidine rings is 1. The topological polar surface area (TPSA) is 58.4 Å². The third kappa shape index (κ3) is 3.55. The molecule has 146 valence electrons. The summed E-state index contributed by atoms with van der Waals surface area (Å²) in [7, 11) is 3.58. The molecule has 1 atom stereocenters. The predicted molar refractivity (Wildman–Crippen MR) is 108 cm³/mol. The van der Waals surface area contributed by atoms with Crippen LogP contribution in [0.2, 0.25) is 0 Å². The summed E-state index contributed by atoms with van der Waals surface area (Å²) in [6, 6.07) is 0.179. The van der Waals surface area contributed by atoms with Crippen molar-refractivity contribution < 1.29 is 4.79 Å². The summed E-state index contributed by atoms with van der Waals surface area (Å²) in [4.78, 5) is 35.9. The number of carbonyl (C=O) groups is 1. The van der Waals surface area contributed by atoms with E-state index in [2.05, 4.69) is 16.8 Å². The number of thiophene rings is 1. The van der Waals surface area contributed by atoms with Crippen LogP contribution >= 0.6 is 11.3 Å². The van der Waals surface area contributed by atoms with E-state index in [1.807, 2.05) is 4.57 Å². The van der Waals surface area contributed by atoms with Crippen molar-refractivity contribution in [2.45, 2.75) is 45.1 Å². The van der Waals surface area contributed by atoms with Gasteiger partial charge in [0.05, 0.1) is 18.3 Å². The van der Waals surface area contributed by atoms with E-state index in [4.69, 9.17) is 0 Å². The molecule has 3 heterocycles. The van der Waals surface area contributed by atoms with Gasteiger partial charge in [0.2, 0.25) is 5.91 Å². The fraction of sp³-hybridized carbons (Fsp3) is 0.650. The molecule has 27 heavy (non-hydrogen) atoms. The number of carbonyl (C=O) groups excluding carboxylic acids is 1. The highest BCUT2D eigenvalue weighted by Gasteiger charge is 2.27. The summed E-state index contributed by atoms with van der Waals surface area (Å²) in [5.74, 6) is 0.829. The highest BCUT2D eigenvalue weighted by atomic mass is 32.1. The number of nitrogens with zero attached hydrogens (tertiary/aromatic N) is 4. The summed E-state index contributed by atoms with van der Waals surface area (Å²) in [5, 5.41) is 0.870. The Morgan fingerprint density at radius 3 is 2.74 bits per heavy atom. The average molecular weight is 389 g/mol. The van der Waals surface area contributed by atoms with Gasteiger partial charge in [0, 0.05) is 38.1 Å². The minimum absolute atomic E-state index is 0.132. The molecule has 1 amide bonds. The number of fused-ring (bicyclic) bond motifs is 3. The highest BCUT2D eigenvalue weighted by molar-refractivity contribution is 7.18. The Hall–Kier alpha value is -1.73. The van der Waals surface area contributed by atoms with Crippen molar-refractivity contribution in [3.05, 3.63) is 27.1 Å². The standard InChI is InChI=1S/C20H28N4O2S/c1-13-4-5-15-16(10-13)27-19-18(15)20(26)24(12-21-19)14-6-8-23(9-7-14)11-17(25)22(2)3/h12-14H,4-11H2,1-3H3/t13-/m1/s1. The van der Waals surface area contributed by atoms with Crippen LogP contribution in [0, 0.1) is 5.92 Å². The molecular formula is C20H28N4O2S. The van der Waals surface area contributed by atoms with Crippen molar-refractivity contribution in [2.75, 3.05) is 33.7 Å². The lowest BCUT2D eigenvalue weighted by atomic mass is 9.89. The Morgan fingerprint density at radius 2 is 2.04 bits per heavy atom. The molecule has 4 rings (SSSR count). The minimum Gasteiger partial charge on any atom is -0.348 e. The van der Waals surface area contributed by atoms with Gasteiger partial charge in [-0.3, -0.25) is 19.1 Å². The van der Waals surface area contributed by atoms with E-state index in [1.54, 1.807) is 36.7 Å². The molecule has 1 aliphatic carbocycles. The van der Waals surface area contributed by atoms with Crippen LogP contribution in [0.1, 0.15) is 42.7 Å². The normalized spacial score (nSPS) is 21.4. The summed E-state index contributed by atoms with van der Waals surface area (Å²) in [5.41, 5.74) is 1.39. The van der Waals surface area contributed by atoms with Crippen LogP contribution in [-0.2, 0) is 17.6 Å². The molecule has 0 saturated carbocycles. The number of aromatic nitrogens is 2. The predicted octanol–water partition coefficient (Wildman–Crippen LogP) is 2.31. The van der Waals surface area contributed by atoms with E-state index in [1.165, 1.54) is 10.4 Å². The van der Waals surface area contributed by atoms with Gasteiger partial charge >= 0.3 is 0 Å². The Kier molecular flexibility index (Phi) is 5.07. The molecule has 6 nitrogen and oxygen atoms in total. The maximum atomic E-state index is 13.2. The van der Waals surface area contributed by atoms with Crippen LogP contribution in [0.15, 0.2) is 11.1 Å². The van der Waals surface area contributed by atoms with Crippen molar-refractivity contribution in [1.82, 2.24) is 19.4 Å². The molecule has 0 N–H and O–H groups in total. The fourth-order valence-electron chi connectivity index (χ4n) is 4.29. The van der Waals surface area contributed by atoms with Crippen LogP contribution in [0.3, 0.4) is 0 Å². The second-order valence-electron chi connectivity index (χ2n) is 8.28. The van der Waals surface area contributed by atoms with Crippen LogP contribution in [0.5, 0.6) is 0 Å². The molecule has 1 fully saturated rings. The van der Waals surface area contributed by atoms with Gasteiger partial charge in [0.15, 0.2) is 0 Å². The number of amides is 1. The minimum atomic E-state index is 0.132. The van der Waals surface area contributed by atoms with Crippen molar-refractivity contribution in [2.24, 2.45) is 5.92 Å². The molecule has 0 unspecified atom stereocenters. The summed E-state index contributed by atoms with van der Waals surface area (Å²) in [6.07, 6.45) is 6.76. The first-order valence-corrected chi connectivity index (χ1v) is 10.7. The molecule has 0 aromatic carbocycles. The zero-order valence-electron chi connectivity index (χ0n) is 16.4. The van der Waals surface area contributed by atoms with E-state index >= 15 is 0 Å².